The molecule has 0 bridgehead atoms. The quantitative estimate of drug-likeness (QED) is 0.592. The van der Waals surface area contributed by atoms with Crippen molar-refractivity contribution >= 4 is 0 Å². The number of hydrogen-bond acceptors (Lipinski definition) is 3. The van der Waals surface area contributed by atoms with Gasteiger partial charge in [-0.2, -0.15) is 0 Å². The van der Waals surface area contributed by atoms with Gasteiger partial charge in [-0.1, -0.05) is 46.0 Å². The molecule has 0 saturated carbocycles. The highest BCUT2D eigenvalue weighted by molar-refractivity contribution is 5.31. The normalized spacial score (nSPS) is 10.8. The molecule has 0 spiro atoms. The Balaban J connectivity index is 2.72. The van der Waals surface area contributed by atoms with Crippen LogP contribution < -0.4 is 10.4 Å². The van der Waals surface area contributed by atoms with E-state index < -0.39 is 0 Å². The van der Waals surface area contributed by atoms with Crippen molar-refractivity contribution in [2.24, 2.45) is 0 Å². The van der Waals surface area contributed by atoms with Crippen LogP contribution in [0.15, 0.2) is 15.3 Å². The van der Waals surface area contributed by atoms with Crippen LogP contribution in [0.2, 0.25) is 0 Å². The SMILES string of the molecule is CCCCCCc1c(OC)cc(CCCCC)oc1=O. The lowest BCUT2D eigenvalue weighted by molar-refractivity contribution is 0.380. The minimum absolute atomic E-state index is 0.215. The van der Waals surface area contributed by atoms with Gasteiger partial charge in [0.15, 0.2) is 0 Å². The summed E-state index contributed by atoms with van der Waals surface area (Å²) < 4.78 is 10.8. The van der Waals surface area contributed by atoms with Crippen LogP contribution in [-0.2, 0) is 12.8 Å². The van der Waals surface area contributed by atoms with Crippen molar-refractivity contribution in [2.45, 2.75) is 71.6 Å². The fourth-order valence-electron chi connectivity index (χ4n) is 2.35. The summed E-state index contributed by atoms with van der Waals surface area (Å²) >= 11 is 0. The van der Waals surface area contributed by atoms with Crippen LogP contribution in [0.5, 0.6) is 5.75 Å². The lowest BCUT2D eigenvalue weighted by Crippen LogP contribution is -2.11. The van der Waals surface area contributed by atoms with Crippen LogP contribution in [0.3, 0.4) is 0 Å². The lowest BCUT2D eigenvalue weighted by atomic mass is 10.1. The third-order valence-electron chi connectivity index (χ3n) is 3.59. The first-order valence-corrected chi connectivity index (χ1v) is 7.92. The first-order valence-electron chi connectivity index (χ1n) is 7.92. The zero-order chi connectivity index (χ0) is 14.8. The number of aryl methyl sites for hydroxylation is 1. The molecule has 1 aromatic rings. The molecule has 0 aliphatic rings. The van der Waals surface area contributed by atoms with Crippen molar-refractivity contribution in [3.05, 3.63) is 27.8 Å². The molecule has 20 heavy (non-hydrogen) atoms. The van der Waals surface area contributed by atoms with E-state index in [0.717, 1.165) is 50.7 Å². The van der Waals surface area contributed by atoms with E-state index in [1.807, 2.05) is 6.07 Å². The van der Waals surface area contributed by atoms with Gasteiger partial charge in [0.2, 0.25) is 0 Å². The van der Waals surface area contributed by atoms with Crippen LogP contribution in [0.4, 0.5) is 0 Å². The molecule has 1 aromatic heterocycles. The second-order valence-corrected chi connectivity index (χ2v) is 5.31. The van der Waals surface area contributed by atoms with Gasteiger partial charge in [-0.05, 0) is 19.3 Å². The van der Waals surface area contributed by atoms with Crippen LogP contribution >= 0.6 is 0 Å². The Kier molecular flexibility index (Phi) is 8.08. The molecule has 0 unspecified atom stereocenters. The summed E-state index contributed by atoms with van der Waals surface area (Å²) in [6.45, 7) is 4.34. The maximum Gasteiger partial charge on any atom is 0.342 e. The third-order valence-corrected chi connectivity index (χ3v) is 3.59. The van der Waals surface area contributed by atoms with Gasteiger partial charge < -0.3 is 9.15 Å². The van der Waals surface area contributed by atoms with Gasteiger partial charge in [0.05, 0.1) is 12.7 Å². The number of hydrogen-bond donors (Lipinski definition) is 0. The van der Waals surface area contributed by atoms with Gasteiger partial charge >= 0.3 is 5.63 Å². The smallest absolute Gasteiger partial charge is 0.342 e. The van der Waals surface area contributed by atoms with Crippen LogP contribution in [0.1, 0.15) is 70.1 Å². The number of rotatable bonds is 10. The molecule has 0 radical (unpaired) electrons. The van der Waals surface area contributed by atoms with Gasteiger partial charge in [-0.15, -0.1) is 0 Å². The largest absolute Gasteiger partial charge is 0.496 e. The zero-order valence-corrected chi connectivity index (χ0v) is 13.2. The fourth-order valence-corrected chi connectivity index (χ4v) is 2.35. The molecule has 3 heteroatoms. The maximum atomic E-state index is 12.1. The van der Waals surface area contributed by atoms with Gasteiger partial charge in [0.25, 0.3) is 0 Å². The van der Waals surface area contributed by atoms with E-state index in [1.165, 1.54) is 12.8 Å². The molecule has 0 N–H and O–H groups in total. The molecule has 0 amide bonds. The topological polar surface area (TPSA) is 39.4 Å². The molecule has 0 aliphatic carbocycles. The number of methoxy groups -OCH3 is 1. The molecule has 1 heterocycles. The predicted molar refractivity (Wildman–Crippen MR) is 82.6 cm³/mol. The van der Waals surface area contributed by atoms with Gasteiger partial charge in [-0.25, -0.2) is 4.79 Å². The molecular weight excluding hydrogens is 252 g/mol. The summed E-state index contributed by atoms with van der Waals surface area (Å²) in [5.74, 6) is 1.45. The van der Waals surface area contributed by atoms with Crippen molar-refractivity contribution in [1.82, 2.24) is 0 Å². The predicted octanol–water partition coefficient (Wildman–Crippen LogP) is 4.50. The summed E-state index contributed by atoms with van der Waals surface area (Å²) in [6, 6.07) is 1.90. The van der Waals surface area contributed by atoms with Crippen molar-refractivity contribution in [2.75, 3.05) is 7.11 Å². The van der Waals surface area contributed by atoms with Crippen molar-refractivity contribution < 1.29 is 9.15 Å². The lowest BCUT2D eigenvalue weighted by Gasteiger charge is -2.09. The zero-order valence-electron chi connectivity index (χ0n) is 13.2. The second kappa shape index (κ2) is 9.62. The minimum Gasteiger partial charge on any atom is -0.496 e. The summed E-state index contributed by atoms with van der Waals surface area (Å²) in [6.07, 6.45) is 9.52. The average Bonchev–Trinajstić information content (AvgIpc) is 2.45. The van der Waals surface area contributed by atoms with Crippen LogP contribution in [-0.4, -0.2) is 7.11 Å². The van der Waals surface area contributed by atoms with Crippen LogP contribution in [0, 0.1) is 0 Å². The molecule has 114 valence electrons. The monoisotopic (exact) mass is 280 g/mol. The summed E-state index contributed by atoms with van der Waals surface area (Å²) in [4.78, 5) is 12.1. The maximum absolute atomic E-state index is 12.1. The molecule has 1 rings (SSSR count). The van der Waals surface area contributed by atoms with Gasteiger partial charge in [-0.3, -0.25) is 0 Å². The Morgan fingerprint density at radius 3 is 2.30 bits per heavy atom. The van der Waals surface area contributed by atoms with E-state index in [2.05, 4.69) is 13.8 Å². The second-order valence-electron chi connectivity index (χ2n) is 5.31. The van der Waals surface area contributed by atoms with E-state index in [4.69, 9.17) is 9.15 Å². The van der Waals surface area contributed by atoms with Gasteiger partial charge in [0, 0.05) is 12.5 Å². The summed E-state index contributed by atoms with van der Waals surface area (Å²) in [5.41, 5.74) is 0.482. The standard InChI is InChI=1S/C17H28O3/c1-4-6-8-10-12-15-16(19-3)13-14(20-17(15)18)11-9-7-5-2/h13H,4-12H2,1-3H3. The van der Waals surface area contributed by atoms with Gasteiger partial charge in [0.1, 0.15) is 11.5 Å². The molecule has 0 saturated heterocycles. The third kappa shape index (κ3) is 5.40. The first kappa shape index (κ1) is 16.8. The Morgan fingerprint density at radius 2 is 1.65 bits per heavy atom. The van der Waals surface area contributed by atoms with Crippen molar-refractivity contribution in [3.8, 4) is 5.75 Å². The van der Waals surface area contributed by atoms with Crippen LogP contribution in [0.25, 0.3) is 0 Å². The molecule has 0 aliphatic heterocycles. The molecule has 3 nitrogen and oxygen atoms in total. The Labute approximate surface area is 122 Å². The average molecular weight is 280 g/mol. The fraction of sp³-hybridized carbons (Fsp3) is 0.706. The number of unbranched alkanes of at least 4 members (excludes halogenated alkanes) is 5. The molecule has 0 fully saturated rings. The van der Waals surface area contributed by atoms with Crippen molar-refractivity contribution in [3.63, 3.8) is 0 Å². The van der Waals surface area contributed by atoms with Crippen molar-refractivity contribution in [1.29, 1.82) is 0 Å². The highest BCUT2D eigenvalue weighted by Crippen LogP contribution is 2.20. The number of ether oxygens (including phenoxy) is 1. The summed E-state index contributed by atoms with van der Waals surface area (Å²) in [5, 5.41) is 0. The minimum atomic E-state index is -0.215. The highest BCUT2D eigenvalue weighted by Gasteiger charge is 2.12. The molecule has 0 atom stereocenters. The van der Waals surface area contributed by atoms with E-state index in [-0.39, 0.29) is 5.63 Å². The molecular formula is C17H28O3. The highest BCUT2D eigenvalue weighted by atomic mass is 16.5. The van der Waals surface area contributed by atoms with E-state index >= 15 is 0 Å². The van der Waals surface area contributed by atoms with E-state index in [0.29, 0.717) is 11.3 Å². The van der Waals surface area contributed by atoms with E-state index in [1.54, 1.807) is 7.11 Å². The first-order chi connectivity index (χ1) is 9.72. The Morgan fingerprint density at radius 1 is 1.00 bits per heavy atom. The summed E-state index contributed by atoms with van der Waals surface area (Å²) in [7, 11) is 1.63. The Bertz CT molecular complexity index is 434. The Hall–Kier alpha value is -1.25. The van der Waals surface area contributed by atoms with E-state index in [9.17, 15) is 4.79 Å². The molecule has 0 aromatic carbocycles.